The molecule has 1 heterocycles. The number of ether oxygens (including phenoxy) is 2. The maximum absolute atomic E-state index is 13.2. The van der Waals surface area contributed by atoms with E-state index in [1.807, 2.05) is 45.0 Å². The first-order valence-electron chi connectivity index (χ1n) is 12.3. The van der Waals surface area contributed by atoms with Crippen molar-refractivity contribution >= 4 is 17.4 Å². The Morgan fingerprint density at radius 2 is 1.57 bits per heavy atom. The number of likely N-dealkylation sites (tertiary alicyclic amines) is 1. The van der Waals surface area contributed by atoms with Gasteiger partial charge in [0.25, 0.3) is 11.7 Å². The summed E-state index contributed by atoms with van der Waals surface area (Å²) < 4.78 is 11.2. The molecule has 1 atom stereocenters. The van der Waals surface area contributed by atoms with Crippen LogP contribution in [0.25, 0.3) is 5.76 Å². The summed E-state index contributed by atoms with van der Waals surface area (Å²) >= 11 is 0. The van der Waals surface area contributed by atoms with E-state index in [9.17, 15) is 14.7 Å². The molecular formula is C28H36N2O5. The Kier molecular flexibility index (Phi) is 8.93. The molecule has 1 fully saturated rings. The molecule has 3 rings (SSSR count). The molecule has 7 nitrogen and oxygen atoms in total. The summed E-state index contributed by atoms with van der Waals surface area (Å²) in [6.45, 7) is 13.2. The van der Waals surface area contributed by atoms with Crippen molar-refractivity contribution in [3.8, 4) is 11.5 Å². The number of rotatable bonds is 11. The lowest BCUT2D eigenvalue weighted by atomic mass is 9.95. The third kappa shape index (κ3) is 6.03. The van der Waals surface area contributed by atoms with Crippen LogP contribution in [-0.4, -0.2) is 65.5 Å². The Balaban J connectivity index is 2.04. The largest absolute Gasteiger partial charge is 0.507 e. The molecule has 0 aromatic heterocycles. The molecule has 1 aliphatic rings. The average molecular weight is 481 g/mol. The third-order valence-electron chi connectivity index (χ3n) is 6.10. The quantitative estimate of drug-likeness (QED) is 0.287. The highest BCUT2D eigenvalue weighted by Crippen LogP contribution is 2.40. The topological polar surface area (TPSA) is 79.3 Å². The number of amides is 1. The van der Waals surface area contributed by atoms with Crippen LogP contribution in [0.15, 0.2) is 54.1 Å². The van der Waals surface area contributed by atoms with E-state index < -0.39 is 17.7 Å². The molecule has 0 aliphatic carbocycles. The number of benzene rings is 2. The fourth-order valence-corrected chi connectivity index (χ4v) is 4.28. The van der Waals surface area contributed by atoms with E-state index in [0.29, 0.717) is 36.8 Å². The number of nitrogens with zero attached hydrogens (tertiary/aromatic N) is 2. The van der Waals surface area contributed by atoms with Crippen LogP contribution in [0.1, 0.15) is 51.8 Å². The van der Waals surface area contributed by atoms with Gasteiger partial charge in [0.15, 0.2) is 0 Å². The van der Waals surface area contributed by atoms with E-state index in [-0.39, 0.29) is 17.4 Å². The van der Waals surface area contributed by atoms with Crippen LogP contribution in [0, 0.1) is 0 Å². The van der Waals surface area contributed by atoms with Crippen molar-refractivity contribution in [2.75, 3.05) is 32.8 Å². The highest BCUT2D eigenvalue weighted by Gasteiger charge is 2.46. The van der Waals surface area contributed by atoms with Crippen LogP contribution in [0.3, 0.4) is 0 Å². The number of likely N-dealkylation sites (N-methyl/N-ethyl adjacent to an activating group) is 1. The van der Waals surface area contributed by atoms with Crippen molar-refractivity contribution < 1.29 is 24.2 Å². The Morgan fingerprint density at radius 1 is 0.971 bits per heavy atom. The highest BCUT2D eigenvalue weighted by atomic mass is 16.5. The van der Waals surface area contributed by atoms with Gasteiger partial charge in [-0.05, 0) is 75.8 Å². The van der Waals surface area contributed by atoms with Gasteiger partial charge in [0.2, 0.25) is 0 Å². The van der Waals surface area contributed by atoms with Crippen LogP contribution in [-0.2, 0) is 9.59 Å². The lowest BCUT2D eigenvalue weighted by Gasteiger charge is -2.28. The SMILES string of the molecule is CCOc1ccc(C(O)=C2C(=O)C(=O)N(CCN(CC)CC)[C@@H]2c2ccc(OC(C)C)cc2)cc1. The van der Waals surface area contributed by atoms with Gasteiger partial charge in [0.1, 0.15) is 17.3 Å². The average Bonchev–Trinajstić information content (AvgIpc) is 3.10. The number of aliphatic hydroxyl groups excluding tert-OH is 1. The maximum atomic E-state index is 13.2. The fourth-order valence-electron chi connectivity index (χ4n) is 4.28. The molecule has 188 valence electrons. The summed E-state index contributed by atoms with van der Waals surface area (Å²) in [5.41, 5.74) is 1.29. The molecule has 0 unspecified atom stereocenters. The molecule has 1 amide bonds. The lowest BCUT2D eigenvalue weighted by Crippen LogP contribution is -2.38. The summed E-state index contributed by atoms with van der Waals surface area (Å²) in [6, 6.07) is 13.5. The summed E-state index contributed by atoms with van der Waals surface area (Å²) in [7, 11) is 0. The van der Waals surface area contributed by atoms with Gasteiger partial charge in [0, 0.05) is 18.7 Å². The van der Waals surface area contributed by atoms with Crippen LogP contribution in [0.5, 0.6) is 11.5 Å². The predicted octanol–water partition coefficient (Wildman–Crippen LogP) is 4.64. The second-order valence-corrected chi connectivity index (χ2v) is 8.71. The van der Waals surface area contributed by atoms with Crippen molar-refractivity contribution in [2.45, 2.75) is 46.8 Å². The van der Waals surface area contributed by atoms with Gasteiger partial charge < -0.3 is 24.4 Å². The first kappa shape index (κ1) is 26.3. The molecule has 1 saturated heterocycles. The van der Waals surface area contributed by atoms with E-state index >= 15 is 0 Å². The zero-order valence-corrected chi connectivity index (χ0v) is 21.3. The van der Waals surface area contributed by atoms with Gasteiger partial charge in [0.05, 0.1) is 24.3 Å². The van der Waals surface area contributed by atoms with Gasteiger partial charge >= 0.3 is 0 Å². The van der Waals surface area contributed by atoms with Gasteiger partial charge in [-0.2, -0.15) is 0 Å². The third-order valence-corrected chi connectivity index (χ3v) is 6.10. The number of Topliss-reactive ketones (excluding diaryl/α,β-unsaturated/α-hetero) is 1. The van der Waals surface area contributed by atoms with Gasteiger partial charge in [-0.3, -0.25) is 9.59 Å². The molecule has 0 spiro atoms. The van der Waals surface area contributed by atoms with E-state index in [0.717, 1.165) is 18.7 Å². The van der Waals surface area contributed by atoms with Gasteiger partial charge in [-0.1, -0.05) is 26.0 Å². The number of ketones is 1. The number of aliphatic hydroxyl groups is 1. The molecule has 0 radical (unpaired) electrons. The molecule has 35 heavy (non-hydrogen) atoms. The van der Waals surface area contributed by atoms with Crippen molar-refractivity contribution in [2.24, 2.45) is 0 Å². The van der Waals surface area contributed by atoms with E-state index in [2.05, 4.69) is 18.7 Å². The summed E-state index contributed by atoms with van der Waals surface area (Å²) in [5, 5.41) is 11.2. The van der Waals surface area contributed by atoms with Crippen molar-refractivity contribution in [3.63, 3.8) is 0 Å². The monoisotopic (exact) mass is 480 g/mol. The van der Waals surface area contributed by atoms with Crippen molar-refractivity contribution in [1.29, 1.82) is 0 Å². The molecule has 2 aromatic carbocycles. The zero-order valence-electron chi connectivity index (χ0n) is 21.3. The van der Waals surface area contributed by atoms with E-state index in [1.165, 1.54) is 0 Å². The van der Waals surface area contributed by atoms with E-state index in [4.69, 9.17) is 9.47 Å². The number of hydrogen-bond acceptors (Lipinski definition) is 6. The van der Waals surface area contributed by atoms with Crippen molar-refractivity contribution in [1.82, 2.24) is 9.80 Å². The number of carbonyl (C=O) groups excluding carboxylic acids is 2. The first-order valence-corrected chi connectivity index (χ1v) is 12.3. The van der Waals surface area contributed by atoms with Gasteiger partial charge in [-0.25, -0.2) is 0 Å². The second-order valence-electron chi connectivity index (χ2n) is 8.71. The van der Waals surface area contributed by atoms with Gasteiger partial charge in [-0.15, -0.1) is 0 Å². The zero-order chi connectivity index (χ0) is 25.5. The minimum Gasteiger partial charge on any atom is -0.507 e. The van der Waals surface area contributed by atoms with Crippen LogP contribution in [0.4, 0.5) is 0 Å². The second kappa shape index (κ2) is 11.9. The standard InChI is InChI=1S/C28H36N2O5/c1-6-29(7-2)17-18-30-25(20-9-15-23(16-10-20)35-19(4)5)24(27(32)28(30)33)26(31)21-11-13-22(14-12-21)34-8-3/h9-16,19,25,31H,6-8,17-18H2,1-5H3/t25-/m1/s1. The maximum Gasteiger partial charge on any atom is 0.295 e. The molecular weight excluding hydrogens is 444 g/mol. The molecule has 0 bridgehead atoms. The summed E-state index contributed by atoms with van der Waals surface area (Å²) in [6.07, 6.45) is 0.0280. The lowest BCUT2D eigenvalue weighted by molar-refractivity contribution is -0.140. The molecule has 2 aromatic rings. The summed E-state index contributed by atoms with van der Waals surface area (Å²) in [5.74, 6) is -0.0961. The molecule has 1 N–H and O–H groups in total. The summed E-state index contributed by atoms with van der Waals surface area (Å²) in [4.78, 5) is 30.1. The highest BCUT2D eigenvalue weighted by molar-refractivity contribution is 6.46. The van der Waals surface area contributed by atoms with E-state index in [1.54, 1.807) is 29.2 Å². The normalized spacial score (nSPS) is 17.5. The Labute approximate surface area is 207 Å². The van der Waals surface area contributed by atoms with Crippen LogP contribution < -0.4 is 9.47 Å². The molecule has 7 heteroatoms. The Bertz CT molecular complexity index is 1040. The van der Waals surface area contributed by atoms with Crippen molar-refractivity contribution in [3.05, 3.63) is 65.2 Å². The minimum absolute atomic E-state index is 0.0280. The predicted molar refractivity (Wildman–Crippen MR) is 137 cm³/mol. The molecule has 1 aliphatic heterocycles. The number of hydrogen-bond donors (Lipinski definition) is 1. The minimum atomic E-state index is -0.690. The van der Waals surface area contributed by atoms with Crippen LogP contribution in [0.2, 0.25) is 0 Å². The first-order chi connectivity index (χ1) is 16.8. The Morgan fingerprint density at radius 3 is 2.11 bits per heavy atom. The molecule has 0 saturated carbocycles. The van der Waals surface area contributed by atoms with Crippen LogP contribution >= 0.6 is 0 Å². The number of carbonyl (C=O) groups is 2. The fraction of sp³-hybridized carbons (Fsp3) is 0.429. The Hall–Kier alpha value is -3.32. The smallest absolute Gasteiger partial charge is 0.295 e.